The summed E-state index contributed by atoms with van der Waals surface area (Å²) in [6, 6.07) is 3.41. The van der Waals surface area contributed by atoms with E-state index in [9.17, 15) is 5.11 Å². The molecule has 6 heteroatoms. The molecule has 2 fully saturated rings. The first-order valence-corrected chi connectivity index (χ1v) is 6.27. The zero-order valence-electron chi connectivity index (χ0n) is 11.1. The van der Waals surface area contributed by atoms with Crippen molar-refractivity contribution >= 4 is 0 Å². The third-order valence-electron chi connectivity index (χ3n) is 3.45. The summed E-state index contributed by atoms with van der Waals surface area (Å²) >= 11 is 0. The highest BCUT2D eigenvalue weighted by Gasteiger charge is 2.57. The van der Waals surface area contributed by atoms with Gasteiger partial charge in [0.25, 0.3) is 0 Å². The van der Waals surface area contributed by atoms with Gasteiger partial charge in [-0.15, -0.1) is 0 Å². The summed E-state index contributed by atoms with van der Waals surface area (Å²) < 4.78 is 27.7. The predicted octanol–water partition coefficient (Wildman–Crippen LogP) is 1.20. The number of fused-ring (bicyclic) bond motifs is 1. The van der Waals surface area contributed by atoms with Gasteiger partial charge in [0.15, 0.2) is 12.1 Å². The average molecular weight is 270 g/mol. The van der Waals surface area contributed by atoms with E-state index in [-0.39, 0.29) is 6.10 Å². The number of hydrogen-bond acceptors (Lipinski definition) is 6. The van der Waals surface area contributed by atoms with Crippen LogP contribution in [0, 0.1) is 0 Å². The predicted molar refractivity (Wildman–Crippen MR) is 63.2 cm³/mol. The lowest BCUT2D eigenvalue weighted by Crippen LogP contribution is -2.38. The minimum atomic E-state index is -0.916. The Kier molecular flexibility index (Phi) is 3.15. The van der Waals surface area contributed by atoms with E-state index in [1.165, 1.54) is 6.26 Å². The van der Waals surface area contributed by atoms with Crippen molar-refractivity contribution in [2.24, 2.45) is 0 Å². The molecule has 1 aromatic rings. The molecule has 2 aliphatic rings. The summed E-state index contributed by atoms with van der Waals surface area (Å²) in [6.07, 6.45) is -1.29. The minimum absolute atomic E-state index is 0.352. The molecule has 5 atom stereocenters. The summed E-state index contributed by atoms with van der Waals surface area (Å²) in [5.41, 5.74) is 0. The van der Waals surface area contributed by atoms with Gasteiger partial charge in [-0.25, -0.2) is 0 Å². The van der Waals surface area contributed by atoms with Gasteiger partial charge in [-0.1, -0.05) is 0 Å². The van der Waals surface area contributed by atoms with Gasteiger partial charge in [0.05, 0.1) is 6.26 Å². The monoisotopic (exact) mass is 270 g/mol. The fourth-order valence-corrected chi connectivity index (χ4v) is 2.65. The highest BCUT2D eigenvalue weighted by Crippen LogP contribution is 2.41. The topological polar surface area (TPSA) is 70.3 Å². The van der Waals surface area contributed by atoms with Crippen LogP contribution in [0.2, 0.25) is 0 Å². The van der Waals surface area contributed by atoms with Crippen molar-refractivity contribution in [3.05, 3.63) is 24.2 Å². The molecule has 6 nitrogen and oxygen atoms in total. The Hall–Kier alpha value is -0.920. The van der Waals surface area contributed by atoms with E-state index in [1.54, 1.807) is 19.2 Å². The second-order valence-electron chi connectivity index (χ2n) is 5.23. The van der Waals surface area contributed by atoms with Gasteiger partial charge in [0.1, 0.15) is 30.2 Å². The third-order valence-corrected chi connectivity index (χ3v) is 3.45. The molecule has 1 N–H and O–H groups in total. The Morgan fingerprint density at radius 3 is 2.79 bits per heavy atom. The second-order valence-corrected chi connectivity index (χ2v) is 5.23. The Balaban J connectivity index is 1.78. The van der Waals surface area contributed by atoms with E-state index in [0.717, 1.165) is 0 Å². The summed E-state index contributed by atoms with van der Waals surface area (Å²) in [6.45, 7) is 3.64. The Morgan fingerprint density at radius 2 is 2.16 bits per heavy atom. The first kappa shape index (κ1) is 13.1. The highest BCUT2D eigenvalue weighted by molar-refractivity contribution is 5.08. The summed E-state index contributed by atoms with van der Waals surface area (Å²) in [5, 5.41) is 10.3. The number of hydrogen-bond donors (Lipinski definition) is 1. The van der Waals surface area contributed by atoms with Gasteiger partial charge < -0.3 is 28.5 Å². The molecule has 0 aromatic carbocycles. The molecule has 0 saturated carbocycles. The number of rotatable bonds is 3. The van der Waals surface area contributed by atoms with Crippen LogP contribution in [-0.2, 0) is 18.9 Å². The Morgan fingerprint density at radius 1 is 1.37 bits per heavy atom. The number of aliphatic hydroxyl groups excluding tert-OH is 1. The molecule has 2 saturated heterocycles. The van der Waals surface area contributed by atoms with Gasteiger partial charge >= 0.3 is 0 Å². The molecule has 2 aliphatic heterocycles. The van der Waals surface area contributed by atoms with Crippen LogP contribution in [0.1, 0.15) is 25.7 Å². The van der Waals surface area contributed by atoms with Crippen molar-refractivity contribution in [2.75, 3.05) is 7.11 Å². The van der Waals surface area contributed by atoms with Crippen molar-refractivity contribution in [2.45, 2.75) is 50.3 Å². The molecule has 106 valence electrons. The van der Waals surface area contributed by atoms with E-state index in [0.29, 0.717) is 5.76 Å². The molecule has 0 spiro atoms. The zero-order chi connectivity index (χ0) is 13.6. The summed E-state index contributed by atoms with van der Waals surface area (Å²) in [5.74, 6) is -0.265. The molecule has 0 unspecified atom stereocenters. The molecule has 3 heterocycles. The van der Waals surface area contributed by atoms with E-state index in [1.807, 2.05) is 13.8 Å². The lowest BCUT2D eigenvalue weighted by atomic mass is 10.0. The normalized spacial score (nSPS) is 38.3. The van der Waals surface area contributed by atoms with Crippen LogP contribution in [0.25, 0.3) is 0 Å². The van der Waals surface area contributed by atoms with Crippen LogP contribution in [0.5, 0.6) is 0 Å². The van der Waals surface area contributed by atoms with Gasteiger partial charge in [-0.05, 0) is 26.0 Å². The van der Waals surface area contributed by atoms with Crippen LogP contribution in [0.3, 0.4) is 0 Å². The standard InChI is InChI=1S/C13H18O6/c1-13(2)18-11-10(15-3)9(17-12(11)19-13)8(14)7-5-4-6-16-7/h4-6,8-12,14H,1-3H3/t8-,9-,10+,11-,12-/m1/s1. The van der Waals surface area contributed by atoms with Crippen LogP contribution in [-0.4, -0.2) is 42.6 Å². The van der Waals surface area contributed by atoms with Crippen LogP contribution in [0.15, 0.2) is 22.8 Å². The first-order chi connectivity index (χ1) is 9.02. The zero-order valence-corrected chi connectivity index (χ0v) is 11.1. The highest BCUT2D eigenvalue weighted by atomic mass is 16.8. The second kappa shape index (κ2) is 4.57. The maximum absolute atomic E-state index is 10.3. The summed E-state index contributed by atoms with van der Waals surface area (Å²) in [4.78, 5) is 0. The van der Waals surface area contributed by atoms with Crippen molar-refractivity contribution < 1.29 is 28.5 Å². The minimum Gasteiger partial charge on any atom is -0.466 e. The van der Waals surface area contributed by atoms with Crippen molar-refractivity contribution in [1.29, 1.82) is 0 Å². The Bertz CT molecular complexity index is 428. The van der Waals surface area contributed by atoms with Gasteiger partial charge in [-0.3, -0.25) is 0 Å². The van der Waals surface area contributed by atoms with Gasteiger partial charge in [0, 0.05) is 7.11 Å². The number of furan rings is 1. The molecule has 0 amide bonds. The van der Waals surface area contributed by atoms with Gasteiger partial charge in [-0.2, -0.15) is 0 Å². The largest absolute Gasteiger partial charge is 0.466 e. The maximum Gasteiger partial charge on any atom is 0.190 e. The van der Waals surface area contributed by atoms with Crippen molar-refractivity contribution in [3.63, 3.8) is 0 Å². The smallest absolute Gasteiger partial charge is 0.190 e. The third kappa shape index (κ3) is 2.19. The number of aliphatic hydroxyl groups is 1. The quantitative estimate of drug-likeness (QED) is 0.890. The number of methoxy groups -OCH3 is 1. The lowest BCUT2D eigenvalue weighted by Gasteiger charge is -2.26. The van der Waals surface area contributed by atoms with Crippen molar-refractivity contribution in [1.82, 2.24) is 0 Å². The molecule has 0 bridgehead atoms. The lowest BCUT2D eigenvalue weighted by molar-refractivity contribution is -0.229. The van der Waals surface area contributed by atoms with E-state index in [4.69, 9.17) is 23.4 Å². The van der Waals surface area contributed by atoms with Crippen LogP contribution >= 0.6 is 0 Å². The first-order valence-electron chi connectivity index (χ1n) is 6.27. The molecule has 19 heavy (non-hydrogen) atoms. The molecule has 0 aliphatic carbocycles. The van der Waals surface area contributed by atoms with Crippen LogP contribution < -0.4 is 0 Å². The maximum atomic E-state index is 10.3. The molecule has 1 aromatic heterocycles. The fourth-order valence-electron chi connectivity index (χ4n) is 2.65. The fraction of sp³-hybridized carbons (Fsp3) is 0.692. The Labute approximate surface area is 111 Å². The van der Waals surface area contributed by atoms with Crippen molar-refractivity contribution in [3.8, 4) is 0 Å². The van der Waals surface area contributed by atoms with E-state index < -0.39 is 30.4 Å². The molecular formula is C13H18O6. The van der Waals surface area contributed by atoms with E-state index >= 15 is 0 Å². The van der Waals surface area contributed by atoms with E-state index in [2.05, 4.69) is 0 Å². The molecule has 0 radical (unpaired) electrons. The van der Waals surface area contributed by atoms with Crippen LogP contribution in [0.4, 0.5) is 0 Å². The molecular weight excluding hydrogens is 252 g/mol. The summed E-state index contributed by atoms with van der Waals surface area (Å²) in [7, 11) is 1.56. The van der Waals surface area contributed by atoms with Gasteiger partial charge in [0.2, 0.25) is 0 Å². The molecule has 3 rings (SSSR count). The SMILES string of the molecule is CO[C@@H]1[C@H]2OC(C)(C)O[C@H]2O[C@@H]1[C@H](O)c1ccco1. The average Bonchev–Trinajstić information content (AvgIpc) is 3.01. The number of ether oxygens (including phenoxy) is 4.